The molecular weight excluding hydrogens is 286 g/mol. The fourth-order valence-corrected chi connectivity index (χ4v) is 3.01. The van der Waals surface area contributed by atoms with Crippen LogP contribution in [0.2, 0.25) is 0 Å². The highest BCUT2D eigenvalue weighted by molar-refractivity contribution is 7.09. The first-order valence-electron chi connectivity index (χ1n) is 6.68. The number of carbonyl (C=O) groups is 1. The summed E-state index contributed by atoms with van der Waals surface area (Å²) in [5.74, 6) is 0.141. The molecule has 5 nitrogen and oxygen atoms in total. The number of thiazole rings is 1. The molecule has 0 unspecified atom stereocenters. The second-order valence-electron chi connectivity index (χ2n) is 5.12. The van der Waals surface area contributed by atoms with E-state index in [1.54, 1.807) is 29.7 Å². The van der Waals surface area contributed by atoms with Crippen molar-refractivity contribution in [1.82, 2.24) is 14.5 Å². The number of rotatable bonds is 4. The highest BCUT2D eigenvalue weighted by Gasteiger charge is 2.19. The Hall–Kier alpha value is -2.21. The fourth-order valence-electron chi connectivity index (χ4n) is 2.41. The lowest BCUT2D eigenvalue weighted by Crippen LogP contribution is -2.06. The van der Waals surface area contributed by atoms with Gasteiger partial charge in [-0.2, -0.15) is 0 Å². The molecular formula is C15H15N3O2S. The molecule has 3 rings (SSSR count). The van der Waals surface area contributed by atoms with Gasteiger partial charge < -0.3 is 9.67 Å². The van der Waals surface area contributed by atoms with Gasteiger partial charge in [0.25, 0.3) is 0 Å². The van der Waals surface area contributed by atoms with Crippen molar-refractivity contribution in [3.05, 3.63) is 46.2 Å². The number of benzene rings is 1. The van der Waals surface area contributed by atoms with Gasteiger partial charge in [0.1, 0.15) is 16.3 Å². The molecule has 1 aromatic carbocycles. The molecule has 6 heteroatoms. The minimum atomic E-state index is -0.949. The Morgan fingerprint density at radius 2 is 2.24 bits per heavy atom. The van der Waals surface area contributed by atoms with Crippen molar-refractivity contribution in [3.8, 4) is 0 Å². The van der Waals surface area contributed by atoms with Gasteiger partial charge in [-0.3, -0.25) is 0 Å². The lowest BCUT2D eigenvalue weighted by molar-refractivity contribution is 0.0699. The van der Waals surface area contributed by atoms with Gasteiger partial charge in [-0.1, -0.05) is 19.9 Å². The van der Waals surface area contributed by atoms with E-state index in [0.29, 0.717) is 12.1 Å². The molecule has 0 amide bonds. The zero-order chi connectivity index (χ0) is 15.0. The Bertz CT molecular complexity index is 791. The van der Waals surface area contributed by atoms with E-state index in [1.165, 1.54) is 0 Å². The lowest BCUT2D eigenvalue weighted by Gasteiger charge is -2.09. The Balaban J connectivity index is 2.23. The molecule has 0 aliphatic rings. The summed E-state index contributed by atoms with van der Waals surface area (Å²) in [4.78, 5) is 20.2. The monoisotopic (exact) mass is 301 g/mol. The summed E-state index contributed by atoms with van der Waals surface area (Å²) < 4.78 is 2.06. The van der Waals surface area contributed by atoms with Gasteiger partial charge in [0, 0.05) is 17.5 Å². The Morgan fingerprint density at radius 1 is 1.43 bits per heavy atom. The zero-order valence-corrected chi connectivity index (χ0v) is 12.6. The highest BCUT2D eigenvalue weighted by atomic mass is 32.1. The second-order valence-corrected chi connectivity index (χ2v) is 6.09. The first-order chi connectivity index (χ1) is 10.1. The molecule has 0 radical (unpaired) electrons. The molecule has 3 aromatic rings. The van der Waals surface area contributed by atoms with E-state index < -0.39 is 5.97 Å². The summed E-state index contributed by atoms with van der Waals surface area (Å²) >= 11 is 1.58. The maximum atomic E-state index is 11.4. The summed E-state index contributed by atoms with van der Waals surface area (Å²) in [6, 6.07) is 5.26. The van der Waals surface area contributed by atoms with Crippen molar-refractivity contribution in [2.24, 2.45) is 0 Å². The molecule has 2 aromatic heterocycles. The van der Waals surface area contributed by atoms with Gasteiger partial charge in [0.05, 0.1) is 17.6 Å². The van der Waals surface area contributed by atoms with Crippen LogP contribution in [0, 0.1) is 0 Å². The normalized spacial score (nSPS) is 11.4. The molecule has 2 heterocycles. The summed E-state index contributed by atoms with van der Waals surface area (Å²) in [7, 11) is 0. The van der Waals surface area contributed by atoms with Crippen LogP contribution in [0.5, 0.6) is 0 Å². The van der Waals surface area contributed by atoms with Gasteiger partial charge in [-0.25, -0.2) is 14.8 Å². The second kappa shape index (κ2) is 5.29. The van der Waals surface area contributed by atoms with Crippen molar-refractivity contribution in [1.29, 1.82) is 0 Å². The number of aromatic carboxylic acids is 1. The van der Waals surface area contributed by atoms with Crippen LogP contribution >= 0.6 is 11.3 Å². The lowest BCUT2D eigenvalue weighted by atomic mass is 10.2. The first kappa shape index (κ1) is 13.8. The minimum absolute atomic E-state index is 0.207. The third kappa shape index (κ3) is 2.42. The van der Waals surface area contributed by atoms with Crippen LogP contribution in [0.15, 0.2) is 29.8 Å². The third-order valence-electron chi connectivity index (χ3n) is 3.33. The van der Waals surface area contributed by atoms with Crippen LogP contribution in [0.25, 0.3) is 11.0 Å². The molecule has 108 valence electrons. The molecule has 0 saturated heterocycles. The maximum Gasteiger partial charge on any atom is 0.337 e. The van der Waals surface area contributed by atoms with Gasteiger partial charge in [0.15, 0.2) is 0 Å². The number of fused-ring (bicyclic) bond motifs is 1. The SMILES string of the molecule is CC(C)c1nc2c(C(=O)O)cccc2n1Cc1nccs1. The van der Waals surface area contributed by atoms with Gasteiger partial charge in [-0.15, -0.1) is 11.3 Å². The summed E-state index contributed by atoms with van der Waals surface area (Å²) in [5.41, 5.74) is 1.63. The standard InChI is InChI=1S/C15H15N3O2S/c1-9(2)14-17-13-10(15(19)20)4-3-5-11(13)18(14)8-12-16-6-7-21-12/h3-7,9H,8H2,1-2H3,(H,19,20). The van der Waals surface area contributed by atoms with Gasteiger partial charge in [0.2, 0.25) is 0 Å². The van der Waals surface area contributed by atoms with E-state index in [9.17, 15) is 9.90 Å². The topological polar surface area (TPSA) is 68.0 Å². The number of carboxylic acids is 1. The van der Waals surface area contributed by atoms with E-state index in [0.717, 1.165) is 16.3 Å². The molecule has 0 bridgehead atoms. The molecule has 0 fully saturated rings. The smallest absolute Gasteiger partial charge is 0.337 e. The number of para-hydroxylation sites is 1. The quantitative estimate of drug-likeness (QED) is 0.802. The fraction of sp³-hybridized carbons (Fsp3) is 0.267. The third-order valence-corrected chi connectivity index (χ3v) is 4.10. The summed E-state index contributed by atoms with van der Waals surface area (Å²) in [6.45, 7) is 4.73. The Morgan fingerprint density at radius 3 is 2.86 bits per heavy atom. The molecule has 0 atom stereocenters. The average molecular weight is 301 g/mol. The number of imidazole rings is 1. The van der Waals surface area contributed by atoms with Gasteiger partial charge >= 0.3 is 5.97 Å². The van der Waals surface area contributed by atoms with E-state index in [1.807, 2.05) is 11.4 Å². The Labute approximate surface area is 125 Å². The number of aromatic nitrogens is 3. The van der Waals surface area contributed by atoms with Crippen LogP contribution in [-0.2, 0) is 6.54 Å². The highest BCUT2D eigenvalue weighted by Crippen LogP contribution is 2.26. The number of hydrogen-bond donors (Lipinski definition) is 1. The van der Waals surface area contributed by atoms with Crippen LogP contribution in [0.3, 0.4) is 0 Å². The summed E-state index contributed by atoms with van der Waals surface area (Å²) in [6.07, 6.45) is 1.77. The molecule has 0 saturated carbocycles. The Kier molecular flexibility index (Phi) is 3.47. The van der Waals surface area contributed by atoms with E-state index >= 15 is 0 Å². The van der Waals surface area contributed by atoms with Crippen molar-refractivity contribution in [2.75, 3.05) is 0 Å². The van der Waals surface area contributed by atoms with Crippen molar-refractivity contribution in [2.45, 2.75) is 26.3 Å². The van der Waals surface area contributed by atoms with Crippen LogP contribution in [0.4, 0.5) is 0 Å². The van der Waals surface area contributed by atoms with Crippen LogP contribution in [0.1, 0.15) is 41.0 Å². The minimum Gasteiger partial charge on any atom is -0.478 e. The molecule has 1 N–H and O–H groups in total. The van der Waals surface area contributed by atoms with E-state index in [2.05, 4.69) is 28.4 Å². The molecule has 0 aliphatic carbocycles. The predicted octanol–water partition coefficient (Wildman–Crippen LogP) is 3.36. The first-order valence-corrected chi connectivity index (χ1v) is 7.56. The number of hydrogen-bond acceptors (Lipinski definition) is 4. The maximum absolute atomic E-state index is 11.4. The average Bonchev–Trinajstić information content (AvgIpc) is 3.07. The zero-order valence-electron chi connectivity index (χ0n) is 11.8. The summed E-state index contributed by atoms with van der Waals surface area (Å²) in [5, 5.41) is 12.2. The predicted molar refractivity (Wildman–Crippen MR) is 82.0 cm³/mol. The van der Waals surface area contributed by atoms with Gasteiger partial charge in [-0.05, 0) is 12.1 Å². The van der Waals surface area contributed by atoms with Crippen molar-refractivity contribution in [3.63, 3.8) is 0 Å². The molecule has 0 spiro atoms. The van der Waals surface area contributed by atoms with Crippen LogP contribution < -0.4 is 0 Å². The van der Waals surface area contributed by atoms with Crippen LogP contribution in [-0.4, -0.2) is 25.6 Å². The number of carboxylic acid groups (broad SMARTS) is 1. The molecule has 21 heavy (non-hydrogen) atoms. The van der Waals surface area contributed by atoms with Crippen molar-refractivity contribution < 1.29 is 9.90 Å². The van der Waals surface area contributed by atoms with E-state index in [4.69, 9.17) is 0 Å². The molecule has 0 aliphatic heterocycles. The van der Waals surface area contributed by atoms with E-state index in [-0.39, 0.29) is 11.5 Å². The van der Waals surface area contributed by atoms with Crippen molar-refractivity contribution >= 4 is 28.3 Å². The number of nitrogens with zero attached hydrogens (tertiary/aromatic N) is 3. The largest absolute Gasteiger partial charge is 0.478 e.